The van der Waals surface area contributed by atoms with Gasteiger partial charge in [0.25, 0.3) is 11.1 Å². The maximum atomic E-state index is 12.2. The Kier molecular flexibility index (Phi) is 5.29. The summed E-state index contributed by atoms with van der Waals surface area (Å²) in [6.07, 6.45) is 0.799. The number of benzene rings is 1. The van der Waals surface area contributed by atoms with Gasteiger partial charge >= 0.3 is 0 Å². The predicted octanol–water partition coefficient (Wildman–Crippen LogP) is -0.668. The molecule has 0 saturated carbocycles. The number of amides is 2. The van der Waals surface area contributed by atoms with Crippen molar-refractivity contribution in [3.8, 4) is 0 Å². The topological polar surface area (TPSA) is 113 Å². The maximum Gasteiger partial charge on any atom is 0.273 e. The summed E-state index contributed by atoms with van der Waals surface area (Å²) in [4.78, 5) is 47.4. The zero-order valence-electron chi connectivity index (χ0n) is 12.7. The number of hydrogen-bond donors (Lipinski definition) is 3. The van der Waals surface area contributed by atoms with Crippen LogP contribution < -0.4 is 21.8 Å². The molecule has 0 saturated heterocycles. The third-order valence-corrected chi connectivity index (χ3v) is 3.20. The summed E-state index contributed by atoms with van der Waals surface area (Å²) in [5.41, 5.74) is -0.917. The molecule has 3 N–H and O–H groups in total. The molecule has 0 fully saturated rings. The molecule has 8 heteroatoms. The highest BCUT2D eigenvalue weighted by Crippen LogP contribution is 2.02. The Morgan fingerprint density at radius 1 is 1.09 bits per heavy atom. The Morgan fingerprint density at radius 2 is 1.78 bits per heavy atom. The highest BCUT2D eigenvalue weighted by Gasteiger charge is 2.10. The van der Waals surface area contributed by atoms with Crippen molar-refractivity contribution in [3.05, 3.63) is 45.0 Å². The van der Waals surface area contributed by atoms with Gasteiger partial charge in [-0.25, -0.2) is 4.68 Å². The molecule has 0 atom stereocenters. The highest BCUT2D eigenvalue weighted by molar-refractivity contribution is 5.85. The number of carbonyl (C=O) groups excluding carboxylic acids is 2. The van der Waals surface area contributed by atoms with Crippen LogP contribution in [0.1, 0.15) is 13.3 Å². The van der Waals surface area contributed by atoms with E-state index in [2.05, 4.69) is 15.7 Å². The molecule has 0 aliphatic carbocycles. The number of nitrogens with one attached hydrogen (secondary N) is 3. The van der Waals surface area contributed by atoms with Gasteiger partial charge in [-0.05, 0) is 18.6 Å². The van der Waals surface area contributed by atoms with Crippen molar-refractivity contribution in [1.29, 1.82) is 0 Å². The van der Waals surface area contributed by atoms with E-state index in [9.17, 15) is 19.2 Å². The second-order valence-electron chi connectivity index (χ2n) is 5.00. The van der Waals surface area contributed by atoms with E-state index in [1.165, 1.54) is 12.1 Å². The molecule has 2 amide bonds. The fourth-order valence-corrected chi connectivity index (χ4v) is 2.06. The standard InChI is InChI=1S/C15H18N4O4/c1-2-7-16-12(20)8-17-13(21)9-19-15(23)11-6-4-3-5-10(11)14(22)18-19/h3-6H,2,7-9H2,1H3,(H,16,20)(H,17,21)(H,18,22). The average molecular weight is 318 g/mol. The van der Waals surface area contributed by atoms with Gasteiger partial charge in [0.05, 0.1) is 17.3 Å². The van der Waals surface area contributed by atoms with E-state index in [0.29, 0.717) is 6.54 Å². The lowest BCUT2D eigenvalue weighted by molar-refractivity contribution is -0.126. The van der Waals surface area contributed by atoms with E-state index >= 15 is 0 Å². The average Bonchev–Trinajstić information content (AvgIpc) is 2.55. The normalized spacial score (nSPS) is 10.5. The van der Waals surface area contributed by atoms with Crippen LogP contribution in [-0.2, 0) is 16.1 Å². The molecule has 122 valence electrons. The summed E-state index contributed by atoms with van der Waals surface area (Å²) in [7, 11) is 0. The van der Waals surface area contributed by atoms with Crippen molar-refractivity contribution in [2.45, 2.75) is 19.9 Å². The minimum absolute atomic E-state index is 0.175. The zero-order valence-corrected chi connectivity index (χ0v) is 12.7. The Bertz CT molecular complexity index is 837. The molecular formula is C15H18N4O4. The van der Waals surface area contributed by atoms with Gasteiger partial charge in [-0.1, -0.05) is 19.1 Å². The molecule has 1 aromatic heterocycles. The summed E-state index contributed by atoms with van der Waals surface area (Å²) in [5.74, 6) is -0.843. The second kappa shape index (κ2) is 7.39. The highest BCUT2D eigenvalue weighted by atomic mass is 16.2. The zero-order chi connectivity index (χ0) is 16.8. The van der Waals surface area contributed by atoms with Crippen LogP contribution in [0, 0.1) is 0 Å². The monoisotopic (exact) mass is 318 g/mol. The quantitative estimate of drug-likeness (QED) is 0.655. The first-order chi connectivity index (χ1) is 11.0. The molecular weight excluding hydrogens is 300 g/mol. The number of rotatable bonds is 6. The number of aromatic nitrogens is 2. The smallest absolute Gasteiger partial charge is 0.273 e. The van der Waals surface area contributed by atoms with Crippen molar-refractivity contribution in [2.24, 2.45) is 0 Å². The van der Waals surface area contributed by atoms with Crippen LogP contribution in [0.2, 0.25) is 0 Å². The summed E-state index contributed by atoms with van der Waals surface area (Å²) in [6.45, 7) is 1.92. The van der Waals surface area contributed by atoms with Crippen molar-refractivity contribution < 1.29 is 9.59 Å². The summed E-state index contributed by atoms with van der Waals surface area (Å²) in [5, 5.41) is 7.89. The number of nitrogens with zero attached hydrogens (tertiary/aromatic N) is 1. The van der Waals surface area contributed by atoms with Gasteiger partial charge in [0.2, 0.25) is 11.8 Å². The maximum absolute atomic E-state index is 12.2. The first kappa shape index (κ1) is 16.5. The van der Waals surface area contributed by atoms with E-state index in [4.69, 9.17) is 0 Å². The lowest BCUT2D eigenvalue weighted by Crippen LogP contribution is -2.41. The Hall–Kier alpha value is -2.90. The van der Waals surface area contributed by atoms with Gasteiger partial charge < -0.3 is 10.6 Å². The van der Waals surface area contributed by atoms with Crippen LogP contribution in [0.15, 0.2) is 33.9 Å². The SMILES string of the molecule is CCCNC(=O)CNC(=O)Cn1[nH]c(=O)c2ccccc2c1=O. The van der Waals surface area contributed by atoms with Crippen LogP contribution >= 0.6 is 0 Å². The molecule has 0 bridgehead atoms. The second-order valence-corrected chi connectivity index (χ2v) is 5.00. The molecule has 0 radical (unpaired) electrons. The molecule has 0 unspecified atom stereocenters. The van der Waals surface area contributed by atoms with Gasteiger partial charge in [-0.3, -0.25) is 24.3 Å². The van der Waals surface area contributed by atoms with Crippen molar-refractivity contribution in [2.75, 3.05) is 13.1 Å². The first-order valence-corrected chi connectivity index (χ1v) is 7.28. The lowest BCUT2D eigenvalue weighted by Gasteiger charge is -2.08. The van der Waals surface area contributed by atoms with Crippen LogP contribution in [-0.4, -0.2) is 34.7 Å². The van der Waals surface area contributed by atoms with Crippen LogP contribution in [0.4, 0.5) is 0 Å². The Balaban J connectivity index is 2.09. The predicted molar refractivity (Wildman–Crippen MR) is 85.1 cm³/mol. The fraction of sp³-hybridized carbons (Fsp3) is 0.333. The van der Waals surface area contributed by atoms with Crippen LogP contribution in [0.25, 0.3) is 10.8 Å². The number of hydrogen-bond acceptors (Lipinski definition) is 4. The molecule has 0 spiro atoms. The van der Waals surface area contributed by atoms with E-state index < -0.39 is 17.0 Å². The molecule has 2 rings (SSSR count). The van der Waals surface area contributed by atoms with E-state index in [0.717, 1.165) is 11.1 Å². The van der Waals surface area contributed by atoms with Crippen LogP contribution in [0.5, 0.6) is 0 Å². The molecule has 23 heavy (non-hydrogen) atoms. The molecule has 0 aliphatic heterocycles. The first-order valence-electron chi connectivity index (χ1n) is 7.28. The number of aromatic amines is 1. The number of carbonyl (C=O) groups is 2. The van der Waals surface area contributed by atoms with Crippen LogP contribution in [0.3, 0.4) is 0 Å². The molecule has 0 aliphatic rings. The largest absolute Gasteiger partial charge is 0.355 e. The van der Waals surface area contributed by atoms with Crippen molar-refractivity contribution >= 4 is 22.6 Å². The third-order valence-electron chi connectivity index (χ3n) is 3.20. The number of H-pyrrole nitrogens is 1. The van der Waals surface area contributed by atoms with Gasteiger partial charge in [0.15, 0.2) is 0 Å². The van der Waals surface area contributed by atoms with Gasteiger partial charge in [0.1, 0.15) is 6.54 Å². The van der Waals surface area contributed by atoms with E-state index in [-0.39, 0.29) is 29.8 Å². The minimum Gasteiger partial charge on any atom is -0.355 e. The molecule has 1 aromatic carbocycles. The van der Waals surface area contributed by atoms with Gasteiger partial charge in [-0.2, -0.15) is 0 Å². The Labute approximate surface area is 131 Å². The van der Waals surface area contributed by atoms with Crippen molar-refractivity contribution in [1.82, 2.24) is 20.4 Å². The summed E-state index contributed by atoms with van der Waals surface area (Å²) >= 11 is 0. The number of fused-ring (bicyclic) bond motifs is 1. The summed E-state index contributed by atoms with van der Waals surface area (Å²) in [6, 6.07) is 6.37. The fourth-order valence-electron chi connectivity index (χ4n) is 2.06. The van der Waals surface area contributed by atoms with Crippen molar-refractivity contribution in [3.63, 3.8) is 0 Å². The molecule has 8 nitrogen and oxygen atoms in total. The summed E-state index contributed by atoms with van der Waals surface area (Å²) < 4.78 is 0.934. The van der Waals surface area contributed by atoms with Gasteiger partial charge in [0, 0.05) is 6.54 Å². The molecule has 2 aromatic rings. The Morgan fingerprint density at radius 3 is 2.48 bits per heavy atom. The van der Waals surface area contributed by atoms with E-state index in [1.54, 1.807) is 12.1 Å². The van der Waals surface area contributed by atoms with Gasteiger partial charge in [-0.15, -0.1) is 0 Å². The minimum atomic E-state index is -0.537. The van der Waals surface area contributed by atoms with E-state index in [1.807, 2.05) is 6.92 Å². The lowest BCUT2D eigenvalue weighted by atomic mass is 10.2. The third kappa shape index (κ3) is 4.06. The molecule has 1 heterocycles.